The molecular formula is C31H34BrNO3. The number of benzene rings is 2. The Morgan fingerprint density at radius 3 is 1.94 bits per heavy atom. The van der Waals surface area contributed by atoms with Crippen LogP contribution in [0.4, 0.5) is 0 Å². The van der Waals surface area contributed by atoms with Gasteiger partial charge in [-0.25, -0.2) is 0 Å². The molecule has 0 saturated carbocycles. The minimum atomic E-state index is -0.395. The molecule has 0 aromatic heterocycles. The van der Waals surface area contributed by atoms with Crippen LogP contribution in [0.15, 0.2) is 75.5 Å². The fourth-order valence-electron chi connectivity index (χ4n) is 6.10. The number of hydrogen-bond donors (Lipinski definition) is 0. The van der Waals surface area contributed by atoms with Crippen molar-refractivity contribution in [2.75, 3.05) is 7.05 Å². The second kappa shape index (κ2) is 9.02. The first-order chi connectivity index (χ1) is 17.0. The summed E-state index contributed by atoms with van der Waals surface area (Å²) in [5.74, 6) is 0.608. The monoisotopic (exact) mass is 547 g/mol. The van der Waals surface area contributed by atoms with E-state index in [0.29, 0.717) is 19.4 Å². The molecule has 0 atom stereocenters. The van der Waals surface area contributed by atoms with Crippen LogP contribution in [0.2, 0.25) is 0 Å². The molecule has 4 nitrogen and oxygen atoms in total. The smallest absolute Gasteiger partial charge is 0.162 e. The summed E-state index contributed by atoms with van der Waals surface area (Å²) in [7, 11) is 2.04. The highest BCUT2D eigenvalue weighted by Gasteiger charge is 2.48. The molecule has 0 bridgehead atoms. The van der Waals surface area contributed by atoms with E-state index in [2.05, 4.69) is 48.5 Å². The number of ether oxygens (including phenoxy) is 1. The molecule has 0 fully saturated rings. The van der Waals surface area contributed by atoms with Crippen LogP contribution >= 0.6 is 15.9 Å². The molecule has 1 heterocycles. The van der Waals surface area contributed by atoms with Crippen LogP contribution in [0.5, 0.6) is 5.75 Å². The van der Waals surface area contributed by atoms with Gasteiger partial charge in [-0.15, -0.1) is 0 Å². The van der Waals surface area contributed by atoms with E-state index < -0.39 is 5.92 Å². The van der Waals surface area contributed by atoms with Gasteiger partial charge in [-0.2, -0.15) is 0 Å². The van der Waals surface area contributed by atoms with Crippen molar-refractivity contribution in [2.24, 2.45) is 10.8 Å². The number of carbonyl (C=O) groups is 2. The first-order valence-electron chi connectivity index (χ1n) is 12.7. The molecule has 2 aromatic carbocycles. The van der Waals surface area contributed by atoms with Gasteiger partial charge in [0.05, 0.1) is 0 Å². The third kappa shape index (κ3) is 4.47. The van der Waals surface area contributed by atoms with Crippen LogP contribution in [0.1, 0.15) is 70.4 Å². The fraction of sp³-hybridized carbons (Fsp3) is 0.419. The lowest BCUT2D eigenvalue weighted by Gasteiger charge is -2.48. The summed E-state index contributed by atoms with van der Waals surface area (Å²) < 4.78 is 7.38. The standard InChI is InChI=1S/C31H34BrNO3/c1-30(2)14-22-28(24(34)16-30)27(29-23(33(22)5)15-31(3,4)17-25(29)35)20-11-7-9-13-26(20)36-18-19-10-6-8-12-21(19)32/h6-13,27H,14-18H2,1-5H3. The Labute approximate surface area is 222 Å². The maximum Gasteiger partial charge on any atom is 0.162 e. The Hall–Kier alpha value is -2.66. The van der Waals surface area contributed by atoms with Crippen LogP contribution in [-0.4, -0.2) is 23.5 Å². The second-order valence-electron chi connectivity index (χ2n) is 12.0. The van der Waals surface area contributed by atoms with E-state index in [1.807, 2.05) is 55.6 Å². The van der Waals surface area contributed by atoms with Crippen molar-refractivity contribution in [2.45, 2.75) is 65.9 Å². The molecule has 1 aliphatic heterocycles. The summed E-state index contributed by atoms with van der Waals surface area (Å²) >= 11 is 3.61. The maximum atomic E-state index is 13.8. The van der Waals surface area contributed by atoms with Crippen molar-refractivity contribution < 1.29 is 14.3 Å². The molecular weight excluding hydrogens is 514 g/mol. The predicted octanol–water partition coefficient (Wildman–Crippen LogP) is 7.34. The highest BCUT2D eigenvalue weighted by molar-refractivity contribution is 9.10. The van der Waals surface area contributed by atoms with Crippen LogP contribution in [-0.2, 0) is 16.2 Å². The van der Waals surface area contributed by atoms with E-state index in [-0.39, 0.29) is 22.4 Å². The Morgan fingerprint density at radius 2 is 1.36 bits per heavy atom. The molecule has 0 radical (unpaired) electrons. The van der Waals surface area contributed by atoms with Gasteiger partial charge in [-0.1, -0.05) is 80.0 Å². The fourth-order valence-corrected chi connectivity index (χ4v) is 6.50. The van der Waals surface area contributed by atoms with Crippen molar-refractivity contribution in [1.29, 1.82) is 0 Å². The van der Waals surface area contributed by atoms with Gasteiger partial charge in [0.2, 0.25) is 0 Å². The molecule has 0 amide bonds. The first-order valence-corrected chi connectivity index (χ1v) is 13.5. The largest absolute Gasteiger partial charge is 0.489 e. The highest BCUT2D eigenvalue weighted by atomic mass is 79.9. The number of allylic oxidation sites excluding steroid dienone is 4. The Balaban J connectivity index is 1.65. The van der Waals surface area contributed by atoms with Gasteiger partial charge in [0.25, 0.3) is 0 Å². The average molecular weight is 549 g/mol. The average Bonchev–Trinajstić information content (AvgIpc) is 2.79. The number of carbonyl (C=O) groups excluding carboxylic acids is 2. The topological polar surface area (TPSA) is 46.6 Å². The molecule has 2 aromatic rings. The first kappa shape index (κ1) is 25.0. The Kier molecular flexibility index (Phi) is 6.27. The molecule has 5 rings (SSSR count). The van der Waals surface area contributed by atoms with Gasteiger partial charge in [-0.3, -0.25) is 9.59 Å². The quantitative estimate of drug-likeness (QED) is 0.401. The number of halogens is 1. The number of para-hydroxylation sites is 1. The number of nitrogens with zero attached hydrogens (tertiary/aromatic N) is 1. The van der Waals surface area contributed by atoms with Gasteiger partial charge in [0, 0.05) is 63.9 Å². The van der Waals surface area contributed by atoms with Crippen molar-refractivity contribution in [3.8, 4) is 5.75 Å². The summed E-state index contributed by atoms with van der Waals surface area (Å²) in [6, 6.07) is 15.9. The molecule has 5 heteroatoms. The van der Waals surface area contributed by atoms with Gasteiger partial charge >= 0.3 is 0 Å². The third-order valence-electron chi connectivity index (χ3n) is 7.75. The van der Waals surface area contributed by atoms with Gasteiger partial charge in [0.15, 0.2) is 11.6 Å². The van der Waals surface area contributed by atoms with Gasteiger partial charge in [0.1, 0.15) is 12.4 Å². The SMILES string of the molecule is CN1C2=C(C(=O)CC(C)(C)C2)C(c2ccccc2OCc2ccccc2Br)C2=C1CC(C)(C)CC2=O. The van der Waals surface area contributed by atoms with Crippen molar-refractivity contribution >= 4 is 27.5 Å². The zero-order valence-electron chi connectivity index (χ0n) is 21.8. The van der Waals surface area contributed by atoms with E-state index in [1.165, 1.54) is 0 Å². The summed E-state index contributed by atoms with van der Waals surface area (Å²) in [6.45, 7) is 9.03. The highest BCUT2D eigenvalue weighted by Crippen LogP contribution is 2.55. The lowest BCUT2D eigenvalue weighted by Crippen LogP contribution is -2.43. The summed E-state index contributed by atoms with van der Waals surface area (Å²) in [6.07, 6.45) is 2.59. The molecule has 0 N–H and O–H groups in total. The third-order valence-corrected chi connectivity index (χ3v) is 8.52. The van der Waals surface area contributed by atoms with E-state index in [1.54, 1.807) is 0 Å². The number of ketones is 2. The van der Waals surface area contributed by atoms with Crippen LogP contribution < -0.4 is 4.74 Å². The van der Waals surface area contributed by atoms with Crippen LogP contribution in [0, 0.1) is 10.8 Å². The zero-order valence-corrected chi connectivity index (χ0v) is 23.4. The lowest BCUT2D eigenvalue weighted by atomic mass is 9.63. The minimum absolute atomic E-state index is 0.114. The predicted molar refractivity (Wildman–Crippen MR) is 146 cm³/mol. The molecule has 36 heavy (non-hydrogen) atoms. The minimum Gasteiger partial charge on any atom is -0.489 e. The number of Topliss-reactive ketones (excluding diaryl/α,β-unsaturated/α-hetero) is 2. The molecule has 0 unspecified atom stereocenters. The Morgan fingerprint density at radius 1 is 0.833 bits per heavy atom. The maximum absolute atomic E-state index is 13.8. The zero-order chi connectivity index (χ0) is 25.8. The van der Waals surface area contributed by atoms with E-state index in [0.717, 1.165) is 56.7 Å². The van der Waals surface area contributed by atoms with Crippen molar-refractivity contribution in [1.82, 2.24) is 4.90 Å². The Bertz CT molecular complexity index is 1260. The van der Waals surface area contributed by atoms with Crippen LogP contribution in [0.3, 0.4) is 0 Å². The van der Waals surface area contributed by atoms with Gasteiger partial charge < -0.3 is 9.64 Å². The van der Waals surface area contributed by atoms with Crippen LogP contribution in [0.25, 0.3) is 0 Å². The summed E-state index contributed by atoms with van der Waals surface area (Å²) in [5, 5.41) is 0. The van der Waals surface area contributed by atoms with E-state index >= 15 is 0 Å². The van der Waals surface area contributed by atoms with E-state index in [4.69, 9.17) is 4.74 Å². The van der Waals surface area contributed by atoms with Gasteiger partial charge in [-0.05, 0) is 35.8 Å². The molecule has 0 spiro atoms. The summed E-state index contributed by atoms with van der Waals surface area (Å²) in [4.78, 5) is 29.7. The molecule has 188 valence electrons. The number of rotatable bonds is 4. The summed E-state index contributed by atoms with van der Waals surface area (Å²) in [5.41, 5.74) is 5.39. The normalized spacial score (nSPS) is 21.4. The number of hydrogen-bond acceptors (Lipinski definition) is 4. The second-order valence-corrected chi connectivity index (χ2v) is 12.9. The van der Waals surface area contributed by atoms with E-state index in [9.17, 15) is 9.59 Å². The van der Waals surface area contributed by atoms with Crippen molar-refractivity contribution in [3.63, 3.8) is 0 Å². The molecule has 2 aliphatic carbocycles. The molecule has 3 aliphatic rings. The molecule has 0 saturated heterocycles. The lowest BCUT2D eigenvalue weighted by molar-refractivity contribution is -0.119. The van der Waals surface area contributed by atoms with Crippen molar-refractivity contribution in [3.05, 3.63) is 86.7 Å².